The van der Waals surface area contributed by atoms with Crippen LogP contribution in [0.15, 0.2) is 54.6 Å². The summed E-state index contributed by atoms with van der Waals surface area (Å²) in [6, 6.07) is 17.2. The van der Waals surface area contributed by atoms with Crippen molar-refractivity contribution < 1.29 is 9.53 Å². The number of hydrogen-bond donors (Lipinski definition) is 1. The topological polar surface area (TPSA) is 38.3 Å². The molecule has 1 N–H and O–H groups in total. The highest BCUT2D eigenvalue weighted by molar-refractivity contribution is 6.32. The third-order valence-corrected chi connectivity index (χ3v) is 2.93. The van der Waals surface area contributed by atoms with E-state index < -0.39 is 5.38 Å². The Bertz CT molecular complexity index is 552. The molecular weight excluding hydrogens is 274 g/mol. The van der Waals surface area contributed by atoms with Gasteiger partial charge in [0.25, 0.3) is 0 Å². The second kappa shape index (κ2) is 6.96. The molecule has 0 radical (unpaired) electrons. The van der Waals surface area contributed by atoms with Gasteiger partial charge < -0.3 is 10.1 Å². The van der Waals surface area contributed by atoms with Crippen molar-refractivity contribution in [2.75, 3.05) is 5.32 Å². The fourth-order valence-electron chi connectivity index (χ4n) is 1.62. The lowest BCUT2D eigenvalue weighted by Gasteiger charge is -2.09. The molecule has 1 amide bonds. The van der Waals surface area contributed by atoms with E-state index in [0.717, 1.165) is 11.3 Å². The van der Waals surface area contributed by atoms with Crippen LogP contribution in [-0.4, -0.2) is 11.3 Å². The van der Waals surface area contributed by atoms with Crippen LogP contribution in [0.4, 0.5) is 5.69 Å². The van der Waals surface area contributed by atoms with Gasteiger partial charge in [-0.05, 0) is 36.8 Å². The van der Waals surface area contributed by atoms with E-state index in [2.05, 4.69) is 5.32 Å². The molecule has 0 bridgehead atoms. The van der Waals surface area contributed by atoms with E-state index in [4.69, 9.17) is 16.3 Å². The van der Waals surface area contributed by atoms with Gasteiger partial charge in [-0.1, -0.05) is 30.3 Å². The van der Waals surface area contributed by atoms with Crippen molar-refractivity contribution in [3.63, 3.8) is 0 Å². The molecule has 2 aromatic carbocycles. The molecular formula is C16H16ClNO2. The molecule has 0 aromatic heterocycles. The summed E-state index contributed by atoms with van der Waals surface area (Å²) < 4.78 is 5.66. The number of alkyl halides is 1. The van der Waals surface area contributed by atoms with Crippen LogP contribution in [0.25, 0.3) is 0 Å². The number of hydrogen-bond acceptors (Lipinski definition) is 2. The van der Waals surface area contributed by atoms with Gasteiger partial charge in [-0.15, -0.1) is 11.6 Å². The second-order valence-corrected chi connectivity index (χ2v) is 5.06. The summed E-state index contributed by atoms with van der Waals surface area (Å²) in [6.45, 7) is 2.15. The Hall–Kier alpha value is -2.00. The average Bonchev–Trinajstić information content (AvgIpc) is 2.47. The van der Waals surface area contributed by atoms with E-state index in [9.17, 15) is 4.79 Å². The molecule has 2 rings (SSSR count). The number of rotatable bonds is 5. The third kappa shape index (κ3) is 4.28. The average molecular weight is 290 g/mol. The Morgan fingerprint density at radius 1 is 1.15 bits per heavy atom. The van der Waals surface area contributed by atoms with Gasteiger partial charge in [-0.3, -0.25) is 4.79 Å². The molecule has 0 saturated carbocycles. The van der Waals surface area contributed by atoms with E-state index in [-0.39, 0.29) is 5.91 Å². The second-order valence-electron chi connectivity index (χ2n) is 4.40. The molecule has 0 saturated heterocycles. The maximum absolute atomic E-state index is 11.4. The first-order valence-corrected chi connectivity index (χ1v) is 6.80. The van der Waals surface area contributed by atoms with E-state index in [1.165, 1.54) is 0 Å². The highest BCUT2D eigenvalue weighted by atomic mass is 35.5. The lowest BCUT2D eigenvalue weighted by Crippen LogP contribution is -2.20. The third-order valence-electron chi connectivity index (χ3n) is 2.73. The number of anilines is 1. The molecule has 0 heterocycles. The Morgan fingerprint density at radius 3 is 2.40 bits per heavy atom. The minimum Gasteiger partial charge on any atom is -0.489 e. The van der Waals surface area contributed by atoms with Gasteiger partial charge in [-0.2, -0.15) is 0 Å². The summed E-state index contributed by atoms with van der Waals surface area (Å²) >= 11 is 5.69. The van der Waals surface area contributed by atoms with Gasteiger partial charge in [-0.25, -0.2) is 0 Å². The number of carbonyl (C=O) groups is 1. The smallest absolute Gasteiger partial charge is 0.242 e. The Kier molecular flexibility index (Phi) is 5.02. The Labute approximate surface area is 123 Å². The van der Waals surface area contributed by atoms with E-state index >= 15 is 0 Å². The molecule has 0 aliphatic carbocycles. The molecule has 0 aliphatic heterocycles. The molecule has 2 aromatic rings. The van der Waals surface area contributed by atoms with Crippen molar-refractivity contribution >= 4 is 23.2 Å². The predicted octanol–water partition coefficient (Wildman–Crippen LogP) is 3.83. The van der Waals surface area contributed by atoms with E-state index in [0.29, 0.717) is 12.3 Å². The quantitative estimate of drug-likeness (QED) is 0.850. The van der Waals surface area contributed by atoms with Gasteiger partial charge in [0.05, 0.1) is 0 Å². The molecule has 4 heteroatoms. The number of amides is 1. The molecule has 0 fully saturated rings. The number of carbonyl (C=O) groups excluding carboxylic acids is 1. The van der Waals surface area contributed by atoms with Crippen LogP contribution in [0, 0.1) is 0 Å². The summed E-state index contributed by atoms with van der Waals surface area (Å²) in [7, 11) is 0. The van der Waals surface area contributed by atoms with E-state index in [1.807, 2.05) is 42.5 Å². The molecule has 0 spiro atoms. The summed E-state index contributed by atoms with van der Waals surface area (Å²) in [4.78, 5) is 11.4. The number of benzene rings is 2. The van der Waals surface area contributed by atoms with Crippen molar-refractivity contribution in [2.45, 2.75) is 18.9 Å². The van der Waals surface area contributed by atoms with Gasteiger partial charge in [0.1, 0.15) is 17.7 Å². The van der Waals surface area contributed by atoms with Crippen LogP contribution in [0.5, 0.6) is 5.75 Å². The Morgan fingerprint density at radius 2 is 1.80 bits per heavy atom. The van der Waals surface area contributed by atoms with Crippen LogP contribution >= 0.6 is 11.6 Å². The largest absolute Gasteiger partial charge is 0.489 e. The maximum Gasteiger partial charge on any atom is 0.242 e. The zero-order valence-corrected chi connectivity index (χ0v) is 11.9. The van der Waals surface area contributed by atoms with Gasteiger partial charge in [0, 0.05) is 5.69 Å². The minimum absolute atomic E-state index is 0.218. The first-order chi connectivity index (χ1) is 9.65. The fourth-order valence-corrected chi connectivity index (χ4v) is 1.67. The first-order valence-electron chi connectivity index (χ1n) is 6.37. The van der Waals surface area contributed by atoms with Crippen molar-refractivity contribution in [1.29, 1.82) is 0 Å². The van der Waals surface area contributed by atoms with Crippen molar-refractivity contribution in [3.8, 4) is 5.75 Å². The fraction of sp³-hybridized carbons (Fsp3) is 0.188. The van der Waals surface area contributed by atoms with Gasteiger partial charge in [0.2, 0.25) is 5.91 Å². The van der Waals surface area contributed by atoms with Crippen LogP contribution in [0.2, 0.25) is 0 Å². The lowest BCUT2D eigenvalue weighted by atomic mass is 10.2. The Balaban J connectivity index is 1.90. The van der Waals surface area contributed by atoms with Crippen molar-refractivity contribution in [3.05, 3.63) is 60.2 Å². The predicted molar refractivity (Wildman–Crippen MR) is 81.2 cm³/mol. The van der Waals surface area contributed by atoms with Crippen molar-refractivity contribution in [1.82, 2.24) is 0 Å². The monoisotopic (exact) mass is 289 g/mol. The van der Waals surface area contributed by atoms with Crippen LogP contribution in [0.1, 0.15) is 12.5 Å². The van der Waals surface area contributed by atoms with Gasteiger partial charge in [0.15, 0.2) is 0 Å². The van der Waals surface area contributed by atoms with Crippen LogP contribution < -0.4 is 10.1 Å². The number of ether oxygens (including phenoxy) is 1. The number of nitrogens with one attached hydrogen (secondary N) is 1. The van der Waals surface area contributed by atoms with Crippen LogP contribution in [-0.2, 0) is 11.4 Å². The molecule has 0 aliphatic rings. The highest BCUT2D eigenvalue weighted by Gasteiger charge is 2.08. The molecule has 104 valence electrons. The molecule has 0 unspecified atom stereocenters. The van der Waals surface area contributed by atoms with Gasteiger partial charge >= 0.3 is 0 Å². The highest BCUT2D eigenvalue weighted by Crippen LogP contribution is 2.17. The zero-order chi connectivity index (χ0) is 14.4. The summed E-state index contributed by atoms with van der Waals surface area (Å²) in [5.74, 6) is 0.537. The molecule has 3 nitrogen and oxygen atoms in total. The van der Waals surface area contributed by atoms with E-state index in [1.54, 1.807) is 19.1 Å². The lowest BCUT2D eigenvalue weighted by molar-refractivity contribution is -0.115. The summed E-state index contributed by atoms with van der Waals surface area (Å²) in [5, 5.41) is 2.16. The molecule has 20 heavy (non-hydrogen) atoms. The van der Waals surface area contributed by atoms with Crippen LogP contribution in [0.3, 0.4) is 0 Å². The normalized spacial score (nSPS) is 11.7. The SMILES string of the molecule is C[C@@H](Cl)C(=O)Nc1ccc(OCc2ccccc2)cc1. The summed E-state index contributed by atoms with van der Waals surface area (Å²) in [6.07, 6.45) is 0. The maximum atomic E-state index is 11.4. The molecule has 1 atom stereocenters. The van der Waals surface area contributed by atoms with Crippen molar-refractivity contribution in [2.24, 2.45) is 0 Å². The summed E-state index contributed by atoms with van der Waals surface area (Å²) in [5.41, 5.74) is 1.82. The first kappa shape index (κ1) is 14.4. The standard InChI is InChI=1S/C16H16ClNO2/c1-12(17)16(19)18-14-7-9-15(10-8-14)20-11-13-5-3-2-4-6-13/h2-10,12H,11H2,1H3,(H,18,19)/t12-/m1/s1. The minimum atomic E-state index is -0.552. The zero-order valence-electron chi connectivity index (χ0n) is 11.2. The number of halogens is 1.